The number of hydrogen-bond donors (Lipinski definition) is 1. The molecule has 0 atom stereocenters. The summed E-state index contributed by atoms with van der Waals surface area (Å²) >= 11 is 0. The van der Waals surface area contributed by atoms with Crippen LogP contribution in [0.3, 0.4) is 0 Å². The summed E-state index contributed by atoms with van der Waals surface area (Å²) in [5.74, 6) is 0.690. The van der Waals surface area contributed by atoms with Crippen LogP contribution in [0.1, 0.15) is 29.5 Å². The highest BCUT2D eigenvalue weighted by molar-refractivity contribution is 5.95. The number of nitro benzene ring substituents is 1. The van der Waals surface area contributed by atoms with Gasteiger partial charge >= 0.3 is 5.69 Å². The standard InChI is InChI=1S/C23H29N5O4/c1-4-32-21-11-10-17(16-20(21)28(30)31)23(29)24-13-12-22-25-18-8-5-6-9-19(18)27(22)15-7-14-26(2)3/h5-6,8-11,16H,4,7,12-15H2,1-3H3,(H,24,29). The van der Waals surface area contributed by atoms with Gasteiger partial charge < -0.3 is 19.5 Å². The Bertz CT molecular complexity index is 1090. The Morgan fingerprint density at radius 3 is 2.75 bits per heavy atom. The fourth-order valence-corrected chi connectivity index (χ4v) is 3.58. The average molecular weight is 440 g/mol. The summed E-state index contributed by atoms with van der Waals surface area (Å²) in [5.41, 5.74) is 2.01. The first-order valence-corrected chi connectivity index (χ1v) is 10.7. The molecule has 170 valence electrons. The molecule has 1 aromatic heterocycles. The van der Waals surface area contributed by atoms with Crippen LogP contribution in [0.5, 0.6) is 5.75 Å². The molecule has 0 bridgehead atoms. The lowest BCUT2D eigenvalue weighted by atomic mass is 10.1. The Balaban J connectivity index is 1.69. The summed E-state index contributed by atoms with van der Waals surface area (Å²) in [6.45, 7) is 4.24. The maximum atomic E-state index is 12.6. The second-order valence-corrected chi connectivity index (χ2v) is 7.70. The van der Waals surface area contributed by atoms with Crippen molar-refractivity contribution in [3.05, 3.63) is 64.0 Å². The monoisotopic (exact) mass is 439 g/mol. The lowest BCUT2D eigenvalue weighted by Crippen LogP contribution is -2.26. The van der Waals surface area contributed by atoms with E-state index in [4.69, 9.17) is 9.72 Å². The topological polar surface area (TPSA) is 103 Å². The van der Waals surface area contributed by atoms with Gasteiger partial charge in [0.15, 0.2) is 5.75 Å². The highest BCUT2D eigenvalue weighted by atomic mass is 16.6. The number of carbonyl (C=O) groups is 1. The number of benzene rings is 2. The normalized spacial score (nSPS) is 11.1. The Kier molecular flexibility index (Phi) is 7.77. The molecule has 1 amide bonds. The van der Waals surface area contributed by atoms with E-state index in [-0.39, 0.29) is 22.9 Å². The van der Waals surface area contributed by atoms with Crippen LogP contribution in [-0.4, -0.2) is 59.1 Å². The molecule has 0 saturated heterocycles. The molecule has 9 heteroatoms. The van der Waals surface area contributed by atoms with E-state index in [2.05, 4.69) is 20.9 Å². The first kappa shape index (κ1) is 23.2. The lowest BCUT2D eigenvalue weighted by molar-refractivity contribution is -0.385. The summed E-state index contributed by atoms with van der Waals surface area (Å²) in [6, 6.07) is 12.2. The van der Waals surface area contributed by atoms with E-state index in [9.17, 15) is 14.9 Å². The minimum atomic E-state index is -0.544. The van der Waals surface area contributed by atoms with Crippen LogP contribution >= 0.6 is 0 Å². The SMILES string of the molecule is CCOc1ccc(C(=O)NCCc2nc3ccccc3n2CCCN(C)C)cc1[N+](=O)[O-]. The maximum Gasteiger partial charge on any atom is 0.311 e. The van der Waals surface area contributed by atoms with Crippen molar-refractivity contribution in [3.8, 4) is 5.75 Å². The number of amides is 1. The van der Waals surface area contributed by atoms with E-state index < -0.39 is 4.92 Å². The van der Waals surface area contributed by atoms with E-state index in [1.54, 1.807) is 6.92 Å². The van der Waals surface area contributed by atoms with Crippen LogP contribution < -0.4 is 10.1 Å². The Morgan fingerprint density at radius 2 is 2.03 bits per heavy atom. The maximum absolute atomic E-state index is 12.6. The van der Waals surface area contributed by atoms with Crippen molar-refractivity contribution in [1.29, 1.82) is 0 Å². The number of nitrogens with zero attached hydrogens (tertiary/aromatic N) is 4. The second-order valence-electron chi connectivity index (χ2n) is 7.70. The van der Waals surface area contributed by atoms with Gasteiger partial charge in [-0.2, -0.15) is 0 Å². The zero-order valence-corrected chi connectivity index (χ0v) is 18.7. The van der Waals surface area contributed by atoms with Crippen LogP contribution in [0.15, 0.2) is 42.5 Å². The quantitative estimate of drug-likeness (QED) is 0.363. The minimum absolute atomic E-state index is 0.153. The van der Waals surface area contributed by atoms with E-state index in [1.165, 1.54) is 18.2 Å². The Morgan fingerprint density at radius 1 is 1.25 bits per heavy atom. The van der Waals surface area contributed by atoms with Crippen molar-refractivity contribution in [3.63, 3.8) is 0 Å². The predicted octanol–water partition coefficient (Wildman–Crippen LogP) is 3.27. The molecule has 0 aliphatic rings. The van der Waals surface area contributed by atoms with Gasteiger partial charge in [0.05, 0.1) is 22.6 Å². The highest BCUT2D eigenvalue weighted by Crippen LogP contribution is 2.28. The summed E-state index contributed by atoms with van der Waals surface area (Å²) < 4.78 is 7.47. The molecule has 0 saturated carbocycles. The number of para-hydroxylation sites is 2. The smallest absolute Gasteiger partial charge is 0.311 e. The number of hydrogen-bond acceptors (Lipinski definition) is 6. The molecule has 9 nitrogen and oxygen atoms in total. The van der Waals surface area contributed by atoms with Gasteiger partial charge in [-0.15, -0.1) is 0 Å². The number of nitrogens with one attached hydrogen (secondary N) is 1. The molecule has 0 aliphatic carbocycles. The molecule has 3 rings (SSSR count). The van der Waals surface area contributed by atoms with Crippen molar-refractivity contribution in [2.75, 3.05) is 33.8 Å². The lowest BCUT2D eigenvalue weighted by Gasteiger charge is -2.13. The van der Waals surface area contributed by atoms with Crippen molar-refractivity contribution in [2.24, 2.45) is 0 Å². The molecular formula is C23H29N5O4. The van der Waals surface area contributed by atoms with Crippen molar-refractivity contribution in [2.45, 2.75) is 26.3 Å². The molecule has 0 radical (unpaired) electrons. The molecule has 32 heavy (non-hydrogen) atoms. The third-order valence-electron chi connectivity index (χ3n) is 5.07. The van der Waals surface area contributed by atoms with Crippen molar-refractivity contribution >= 4 is 22.6 Å². The van der Waals surface area contributed by atoms with Gasteiger partial charge in [-0.3, -0.25) is 14.9 Å². The summed E-state index contributed by atoms with van der Waals surface area (Å²) in [5, 5.41) is 14.1. The average Bonchev–Trinajstić information content (AvgIpc) is 3.11. The third-order valence-corrected chi connectivity index (χ3v) is 5.07. The molecule has 1 N–H and O–H groups in total. The van der Waals surface area contributed by atoms with Crippen LogP contribution in [0, 0.1) is 10.1 Å². The Labute approximate surface area is 187 Å². The van der Waals surface area contributed by atoms with Crippen molar-refractivity contribution in [1.82, 2.24) is 19.8 Å². The number of fused-ring (bicyclic) bond motifs is 1. The zero-order valence-electron chi connectivity index (χ0n) is 18.7. The van der Waals surface area contributed by atoms with E-state index in [0.29, 0.717) is 19.6 Å². The third kappa shape index (κ3) is 5.61. The highest BCUT2D eigenvalue weighted by Gasteiger charge is 2.19. The van der Waals surface area contributed by atoms with Gasteiger partial charge in [0.25, 0.3) is 5.91 Å². The van der Waals surface area contributed by atoms with Crippen LogP contribution in [0.2, 0.25) is 0 Å². The summed E-state index contributed by atoms with van der Waals surface area (Å²) in [6.07, 6.45) is 1.55. The van der Waals surface area contributed by atoms with Gasteiger partial charge in [0.2, 0.25) is 0 Å². The molecule has 0 unspecified atom stereocenters. The van der Waals surface area contributed by atoms with Gasteiger partial charge in [-0.1, -0.05) is 12.1 Å². The number of ether oxygens (including phenoxy) is 1. The number of carbonyl (C=O) groups excluding carboxylic acids is 1. The van der Waals surface area contributed by atoms with Gasteiger partial charge in [-0.05, 0) is 58.3 Å². The fraction of sp³-hybridized carbons (Fsp3) is 0.391. The molecule has 0 spiro atoms. The number of aryl methyl sites for hydroxylation is 1. The molecule has 2 aromatic carbocycles. The minimum Gasteiger partial charge on any atom is -0.487 e. The fourth-order valence-electron chi connectivity index (χ4n) is 3.58. The van der Waals surface area contributed by atoms with Gasteiger partial charge in [0.1, 0.15) is 5.82 Å². The van der Waals surface area contributed by atoms with E-state index in [0.717, 1.165) is 36.4 Å². The molecule has 0 aliphatic heterocycles. The van der Waals surface area contributed by atoms with Crippen LogP contribution in [0.4, 0.5) is 5.69 Å². The number of aromatic nitrogens is 2. The molecule has 3 aromatic rings. The number of rotatable bonds is 11. The second kappa shape index (κ2) is 10.7. The largest absolute Gasteiger partial charge is 0.487 e. The molecule has 0 fully saturated rings. The summed E-state index contributed by atoms with van der Waals surface area (Å²) in [7, 11) is 4.10. The first-order chi connectivity index (χ1) is 15.4. The Hall–Kier alpha value is -3.46. The summed E-state index contributed by atoms with van der Waals surface area (Å²) in [4.78, 5) is 30.2. The van der Waals surface area contributed by atoms with Crippen molar-refractivity contribution < 1.29 is 14.5 Å². The molecule has 1 heterocycles. The number of nitro groups is 1. The predicted molar refractivity (Wildman–Crippen MR) is 123 cm³/mol. The van der Waals surface area contributed by atoms with Crippen LogP contribution in [0.25, 0.3) is 11.0 Å². The first-order valence-electron chi connectivity index (χ1n) is 10.7. The zero-order chi connectivity index (χ0) is 23.1. The number of imidazole rings is 1. The molecular weight excluding hydrogens is 410 g/mol. The van der Waals surface area contributed by atoms with E-state index >= 15 is 0 Å². The van der Waals surface area contributed by atoms with Crippen LogP contribution in [-0.2, 0) is 13.0 Å². The van der Waals surface area contributed by atoms with Gasteiger partial charge in [-0.25, -0.2) is 4.98 Å². The van der Waals surface area contributed by atoms with E-state index in [1.807, 2.05) is 32.3 Å². The van der Waals surface area contributed by atoms with Gasteiger partial charge in [0, 0.05) is 31.1 Å².